The van der Waals surface area contributed by atoms with Crippen LogP contribution in [0.15, 0.2) is 30.3 Å². The number of ketones is 1. The molecule has 1 aromatic carbocycles. The first-order chi connectivity index (χ1) is 10.3. The van der Waals surface area contributed by atoms with Gasteiger partial charge in [-0.2, -0.15) is 0 Å². The number of Topliss-reactive ketones (excluding diaryl/α,β-unsaturated/α-hetero) is 1. The predicted molar refractivity (Wildman–Crippen MR) is 87.6 cm³/mol. The lowest BCUT2D eigenvalue weighted by molar-refractivity contribution is -0.134. The standard InChI is InChI=1S/C19H25NO2/c1-5-20(14-9-7-6-8-10-14)16(22)19-12-11-18(4,15(21)13-19)17(19,2)3/h6-10H,5,11-13H2,1-4H3. The molecule has 3 nitrogen and oxygen atoms in total. The van der Waals surface area contributed by atoms with Gasteiger partial charge in [0.1, 0.15) is 5.78 Å². The third-order valence-electron chi connectivity index (χ3n) is 6.74. The number of carbonyl (C=O) groups excluding carboxylic acids is 2. The summed E-state index contributed by atoms with van der Waals surface area (Å²) in [4.78, 5) is 27.8. The molecule has 0 saturated heterocycles. The number of amides is 1. The number of rotatable bonds is 3. The van der Waals surface area contributed by atoms with Crippen molar-refractivity contribution in [2.24, 2.45) is 16.2 Å². The van der Waals surface area contributed by atoms with E-state index in [0.29, 0.717) is 13.0 Å². The quantitative estimate of drug-likeness (QED) is 0.850. The molecule has 22 heavy (non-hydrogen) atoms. The first-order valence-electron chi connectivity index (χ1n) is 8.20. The van der Waals surface area contributed by atoms with E-state index >= 15 is 0 Å². The van der Waals surface area contributed by atoms with E-state index in [1.165, 1.54) is 0 Å². The van der Waals surface area contributed by atoms with Gasteiger partial charge in [-0.15, -0.1) is 0 Å². The Balaban J connectivity index is 2.03. The molecule has 2 bridgehead atoms. The largest absolute Gasteiger partial charge is 0.312 e. The molecule has 3 rings (SSSR count). The van der Waals surface area contributed by atoms with Gasteiger partial charge >= 0.3 is 0 Å². The molecule has 0 spiro atoms. The zero-order valence-corrected chi connectivity index (χ0v) is 14.0. The highest BCUT2D eigenvalue weighted by atomic mass is 16.2. The van der Waals surface area contributed by atoms with E-state index in [-0.39, 0.29) is 22.5 Å². The molecule has 0 N–H and O–H groups in total. The Hall–Kier alpha value is -1.64. The van der Waals surface area contributed by atoms with Crippen LogP contribution in [-0.4, -0.2) is 18.2 Å². The summed E-state index contributed by atoms with van der Waals surface area (Å²) < 4.78 is 0. The lowest BCUT2D eigenvalue weighted by atomic mass is 9.64. The van der Waals surface area contributed by atoms with Crippen molar-refractivity contribution in [2.45, 2.75) is 47.0 Å². The summed E-state index contributed by atoms with van der Waals surface area (Å²) in [6, 6.07) is 9.79. The van der Waals surface area contributed by atoms with Crippen molar-refractivity contribution in [2.75, 3.05) is 11.4 Å². The molecule has 0 radical (unpaired) electrons. The minimum Gasteiger partial charge on any atom is -0.312 e. The smallest absolute Gasteiger partial charge is 0.234 e. The molecule has 2 unspecified atom stereocenters. The van der Waals surface area contributed by atoms with Crippen LogP contribution in [0.5, 0.6) is 0 Å². The summed E-state index contributed by atoms with van der Waals surface area (Å²) in [7, 11) is 0. The van der Waals surface area contributed by atoms with Crippen LogP contribution < -0.4 is 4.90 Å². The van der Waals surface area contributed by atoms with Gasteiger partial charge in [0.05, 0.1) is 5.41 Å². The van der Waals surface area contributed by atoms with Gasteiger partial charge in [0.25, 0.3) is 0 Å². The molecule has 1 aromatic rings. The second-order valence-electron chi connectivity index (χ2n) is 7.52. The van der Waals surface area contributed by atoms with Crippen LogP contribution in [0, 0.1) is 16.2 Å². The molecule has 2 atom stereocenters. The first-order valence-corrected chi connectivity index (χ1v) is 8.20. The van der Waals surface area contributed by atoms with Crippen molar-refractivity contribution in [1.82, 2.24) is 0 Å². The second kappa shape index (κ2) is 4.68. The summed E-state index contributed by atoms with van der Waals surface area (Å²) in [5.74, 6) is 0.391. The molecule has 2 aliphatic carbocycles. The molecule has 3 heteroatoms. The fourth-order valence-corrected chi connectivity index (χ4v) is 4.64. The number of hydrogen-bond donors (Lipinski definition) is 0. The summed E-state index contributed by atoms with van der Waals surface area (Å²) in [6.45, 7) is 8.91. The van der Waals surface area contributed by atoms with Crippen molar-refractivity contribution in [1.29, 1.82) is 0 Å². The molecular formula is C19H25NO2. The number of benzene rings is 1. The van der Waals surface area contributed by atoms with Gasteiger partial charge in [-0.3, -0.25) is 9.59 Å². The van der Waals surface area contributed by atoms with Crippen LogP contribution in [-0.2, 0) is 9.59 Å². The second-order valence-corrected chi connectivity index (χ2v) is 7.52. The Morgan fingerprint density at radius 3 is 2.23 bits per heavy atom. The van der Waals surface area contributed by atoms with Crippen molar-refractivity contribution in [3.05, 3.63) is 30.3 Å². The highest BCUT2D eigenvalue weighted by molar-refractivity contribution is 6.05. The van der Waals surface area contributed by atoms with Gasteiger partial charge in [0, 0.05) is 24.1 Å². The summed E-state index contributed by atoms with van der Waals surface area (Å²) in [6.07, 6.45) is 2.06. The predicted octanol–water partition coefficient (Wildman–Crippen LogP) is 3.83. The topological polar surface area (TPSA) is 37.4 Å². The van der Waals surface area contributed by atoms with E-state index < -0.39 is 5.41 Å². The van der Waals surface area contributed by atoms with Gasteiger partial charge in [-0.25, -0.2) is 0 Å². The molecule has 0 heterocycles. The number of hydrogen-bond acceptors (Lipinski definition) is 2. The molecule has 2 saturated carbocycles. The van der Waals surface area contributed by atoms with Gasteiger partial charge in [-0.1, -0.05) is 39.0 Å². The Labute approximate surface area is 132 Å². The number of para-hydroxylation sites is 1. The van der Waals surface area contributed by atoms with Crippen LogP contribution in [0.3, 0.4) is 0 Å². The summed E-state index contributed by atoms with van der Waals surface area (Å²) in [5.41, 5.74) is -0.243. The molecule has 2 fully saturated rings. The number of carbonyl (C=O) groups is 2. The Kier molecular flexibility index (Phi) is 3.24. The summed E-state index contributed by atoms with van der Waals surface area (Å²) in [5, 5.41) is 0. The zero-order chi connectivity index (χ0) is 16.2. The van der Waals surface area contributed by atoms with Crippen LogP contribution in [0.4, 0.5) is 5.69 Å². The Morgan fingerprint density at radius 2 is 1.77 bits per heavy atom. The Bertz CT molecular complexity index is 622. The molecule has 2 aliphatic rings. The highest BCUT2D eigenvalue weighted by Gasteiger charge is 2.73. The van der Waals surface area contributed by atoms with E-state index in [4.69, 9.17) is 0 Å². The van der Waals surface area contributed by atoms with E-state index in [1.54, 1.807) is 0 Å². The molecule has 0 aromatic heterocycles. The molecule has 118 valence electrons. The van der Waals surface area contributed by atoms with Crippen LogP contribution in [0.25, 0.3) is 0 Å². The number of anilines is 1. The summed E-state index contributed by atoms with van der Waals surface area (Å²) >= 11 is 0. The number of fused-ring (bicyclic) bond motifs is 2. The number of nitrogens with zero attached hydrogens (tertiary/aromatic N) is 1. The monoisotopic (exact) mass is 299 g/mol. The third-order valence-corrected chi connectivity index (χ3v) is 6.74. The highest BCUT2D eigenvalue weighted by Crippen LogP contribution is 2.71. The van der Waals surface area contributed by atoms with Gasteiger partial charge in [-0.05, 0) is 37.3 Å². The molecular weight excluding hydrogens is 274 g/mol. The van der Waals surface area contributed by atoms with Crippen molar-refractivity contribution < 1.29 is 9.59 Å². The average molecular weight is 299 g/mol. The normalized spacial score (nSPS) is 32.3. The van der Waals surface area contributed by atoms with Crippen molar-refractivity contribution in [3.8, 4) is 0 Å². The van der Waals surface area contributed by atoms with Crippen LogP contribution >= 0.6 is 0 Å². The van der Waals surface area contributed by atoms with Gasteiger partial charge in [0.2, 0.25) is 5.91 Å². The van der Waals surface area contributed by atoms with E-state index in [9.17, 15) is 9.59 Å². The van der Waals surface area contributed by atoms with Crippen LogP contribution in [0.2, 0.25) is 0 Å². The van der Waals surface area contributed by atoms with Gasteiger partial charge < -0.3 is 4.90 Å². The lowest BCUT2D eigenvalue weighted by Gasteiger charge is -2.41. The van der Waals surface area contributed by atoms with Gasteiger partial charge in [0.15, 0.2) is 0 Å². The zero-order valence-electron chi connectivity index (χ0n) is 14.0. The lowest BCUT2D eigenvalue weighted by Crippen LogP contribution is -2.48. The first kappa shape index (κ1) is 15.3. The third kappa shape index (κ3) is 1.62. The van der Waals surface area contributed by atoms with Crippen molar-refractivity contribution in [3.63, 3.8) is 0 Å². The maximum atomic E-state index is 13.4. The minimum atomic E-state index is -0.537. The SMILES string of the molecule is CCN(C(=O)C12CCC(C)(C(=O)C1)C2(C)C)c1ccccc1. The van der Waals surface area contributed by atoms with Crippen LogP contribution in [0.1, 0.15) is 47.0 Å². The average Bonchev–Trinajstić information content (AvgIpc) is 2.79. The van der Waals surface area contributed by atoms with E-state index in [1.807, 2.05) is 42.2 Å². The van der Waals surface area contributed by atoms with Crippen molar-refractivity contribution >= 4 is 17.4 Å². The Morgan fingerprint density at radius 1 is 1.14 bits per heavy atom. The maximum Gasteiger partial charge on any atom is 0.234 e. The minimum absolute atomic E-state index is 0.126. The molecule has 0 aliphatic heterocycles. The fourth-order valence-electron chi connectivity index (χ4n) is 4.64. The van der Waals surface area contributed by atoms with E-state index in [0.717, 1.165) is 18.5 Å². The molecule has 1 amide bonds. The van der Waals surface area contributed by atoms with E-state index in [2.05, 4.69) is 20.8 Å². The maximum absolute atomic E-state index is 13.4. The fraction of sp³-hybridized carbons (Fsp3) is 0.579.